The maximum absolute atomic E-state index is 11.2. The van der Waals surface area contributed by atoms with Gasteiger partial charge in [-0.1, -0.05) is 6.07 Å². The van der Waals surface area contributed by atoms with E-state index in [1.807, 2.05) is 30.1 Å². The van der Waals surface area contributed by atoms with E-state index in [1.165, 1.54) is 7.11 Å². The second kappa shape index (κ2) is 7.86. The average Bonchev–Trinajstić information content (AvgIpc) is 2.45. The van der Waals surface area contributed by atoms with Crippen molar-refractivity contribution in [2.24, 2.45) is 0 Å². The lowest BCUT2D eigenvalue weighted by Crippen LogP contribution is -2.24. The Balaban J connectivity index is 2.29. The smallest absolute Gasteiger partial charge is 0.331 e. The lowest BCUT2D eigenvalue weighted by Gasteiger charge is -2.17. The van der Waals surface area contributed by atoms with Crippen LogP contribution in [0.2, 0.25) is 0 Å². The van der Waals surface area contributed by atoms with Crippen LogP contribution in [0.1, 0.15) is 0 Å². The van der Waals surface area contributed by atoms with Gasteiger partial charge in [0, 0.05) is 25.4 Å². The Bertz CT molecular complexity index is 445. The van der Waals surface area contributed by atoms with E-state index in [0.717, 1.165) is 18.0 Å². The number of ether oxygens (including phenoxy) is 2. The van der Waals surface area contributed by atoms with Crippen LogP contribution in [0, 0.1) is 0 Å². The number of carbonyl (C=O) groups excluding carboxylic acids is 2. The Morgan fingerprint density at radius 3 is 2.68 bits per heavy atom. The van der Waals surface area contributed by atoms with E-state index in [-0.39, 0.29) is 6.61 Å². The lowest BCUT2D eigenvalue weighted by atomic mass is 10.4. The zero-order valence-corrected chi connectivity index (χ0v) is 10.9. The summed E-state index contributed by atoms with van der Waals surface area (Å²) < 4.78 is 9.28. The summed E-state index contributed by atoms with van der Waals surface area (Å²) in [7, 11) is 3.08. The van der Waals surface area contributed by atoms with Gasteiger partial charge in [-0.3, -0.25) is 0 Å². The molecule has 0 radical (unpaired) electrons. The minimum Gasteiger partial charge on any atom is -0.466 e. The standard InChI is InChI=1S/C13H16N2O4/c1-15(11-5-3-4-8-14-11)9-10-19-13(17)7-6-12(16)18-2/h3-8H,9-10H2,1-2H3/b7-6+. The van der Waals surface area contributed by atoms with Gasteiger partial charge in [0.2, 0.25) is 0 Å². The van der Waals surface area contributed by atoms with Crippen molar-refractivity contribution >= 4 is 17.8 Å². The first-order valence-electron chi connectivity index (χ1n) is 5.68. The largest absolute Gasteiger partial charge is 0.466 e. The van der Waals surface area contributed by atoms with Gasteiger partial charge >= 0.3 is 11.9 Å². The number of carbonyl (C=O) groups is 2. The lowest BCUT2D eigenvalue weighted by molar-refractivity contribution is -0.139. The van der Waals surface area contributed by atoms with Crippen LogP contribution in [0.3, 0.4) is 0 Å². The van der Waals surface area contributed by atoms with Crippen molar-refractivity contribution in [3.05, 3.63) is 36.5 Å². The fourth-order valence-electron chi connectivity index (χ4n) is 1.23. The Labute approximate surface area is 111 Å². The van der Waals surface area contributed by atoms with Crippen molar-refractivity contribution in [1.82, 2.24) is 4.98 Å². The van der Waals surface area contributed by atoms with Gasteiger partial charge in [0.05, 0.1) is 13.7 Å². The molecule has 0 amide bonds. The van der Waals surface area contributed by atoms with E-state index in [1.54, 1.807) is 6.20 Å². The normalized spacial score (nSPS) is 10.2. The molecule has 19 heavy (non-hydrogen) atoms. The average molecular weight is 264 g/mol. The highest BCUT2D eigenvalue weighted by molar-refractivity contribution is 5.91. The number of rotatable bonds is 6. The van der Waals surface area contributed by atoms with E-state index >= 15 is 0 Å². The topological polar surface area (TPSA) is 68.7 Å². The number of hydrogen-bond acceptors (Lipinski definition) is 6. The van der Waals surface area contributed by atoms with Crippen LogP contribution in [-0.4, -0.2) is 44.2 Å². The maximum atomic E-state index is 11.2. The molecule has 0 saturated carbocycles. The molecule has 102 valence electrons. The number of esters is 2. The van der Waals surface area contributed by atoms with Gasteiger partial charge < -0.3 is 14.4 Å². The molecule has 0 spiro atoms. The molecule has 6 heteroatoms. The van der Waals surface area contributed by atoms with Gasteiger partial charge in [-0.2, -0.15) is 0 Å². The fraction of sp³-hybridized carbons (Fsp3) is 0.308. The molecule has 0 aliphatic heterocycles. The number of pyridine rings is 1. The highest BCUT2D eigenvalue weighted by Gasteiger charge is 2.03. The second-order valence-electron chi connectivity index (χ2n) is 3.63. The summed E-state index contributed by atoms with van der Waals surface area (Å²) in [4.78, 5) is 28.0. The summed E-state index contributed by atoms with van der Waals surface area (Å²) in [5.74, 6) is -0.383. The summed E-state index contributed by atoms with van der Waals surface area (Å²) in [6.45, 7) is 0.715. The minimum atomic E-state index is -0.595. The SMILES string of the molecule is COC(=O)/C=C/C(=O)OCCN(C)c1ccccn1. The molecular formula is C13H16N2O4. The summed E-state index contributed by atoms with van der Waals surface area (Å²) in [6, 6.07) is 5.57. The fourth-order valence-corrected chi connectivity index (χ4v) is 1.23. The highest BCUT2D eigenvalue weighted by Crippen LogP contribution is 2.05. The number of likely N-dealkylation sites (N-methyl/N-ethyl adjacent to an activating group) is 1. The number of aromatic nitrogens is 1. The van der Waals surface area contributed by atoms with Crippen LogP contribution in [0.25, 0.3) is 0 Å². The molecule has 0 aliphatic rings. The molecular weight excluding hydrogens is 248 g/mol. The number of hydrogen-bond donors (Lipinski definition) is 0. The molecule has 0 bridgehead atoms. The predicted octanol–water partition coefficient (Wildman–Crippen LogP) is 0.790. The van der Waals surface area contributed by atoms with Crippen molar-refractivity contribution in [2.45, 2.75) is 0 Å². The molecule has 0 N–H and O–H groups in total. The molecule has 0 aromatic carbocycles. The molecule has 1 aromatic rings. The van der Waals surface area contributed by atoms with E-state index in [9.17, 15) is 9.59 Å². The molecule has 0 fully saturated rings. The maximum Gasteiger partial charge on any atom is 0.331 e. The molecule has 1 aromatic heterocycles. The minimum absolute atomic E-state index is 0.206. The number of nitrogens with zero attached hydrogens (tertiary/aromatic N) is 2. The van der Waals surface area contributed by atoms with Crippen LogP contribution in [-0.2, 0) is 19.1 Å². The summed E-state index contributed by atoms with van der Waals surface area (Å²) in [5.41, 5.74) is 0. The molecule has 0 unspecified atom stereocenters. The molecule has 0 aliphatic carbocycles. The van der Waals surface area contributed by atoms with E-state index in [4.69, 9.17) is 4.74 Å². The third-order valence-electron chi connectivity index (χ3n) is 2.27. The Kier molecular flexibility index (Phi) is 6.08. The summed E-state index contributed by atoms with van der Waals surface area (Å²) >= 11 is 0. The van der Waals surface area contributed by atoms with Crippen LogP contribution in [0.15, 0.2) is 36.5 Å². The van der Waals surface area contributed by atoms with Gasteiger partial charge in [-0.25, -0.2) is 14.6 Å². The second-order valence-corrected chi connectivity index (χ2v) is 3.63. The first-order chi connectivity index (χ1) is 9.13. The zero-order valence-electron chi connectivity index (χ0n) is 10.9. The summed E-state index contributed by atoms with van der Waals surface area (Å²) in [6.07, 6.45) is 3.74. The van der Waals surface area contributed by atoms with Crippen LogP contribution in [0.5, 0.6) is 0 Å². The zero-order chi connectivity index (χ0) is 14.1. The Morgan fingerprint density at radius 1 is 1.32 bits per heavy atom. The van der Waals surface area contributed by atoms with E-state index in [0.29, 0.717) is 6.54 Å². The first kappa shape index (κ1) is 14.7. The van der Waals surface area contributed by atoms with Crippen molar-refractivity contribution in [3.63, 3.8) is 0 Å². The van der Waals surface area contributed by atoms with E-state index < -0.39 is 11.9 Å². The van der Waals surface area contributed by atoms with Crippen molar-refractivity contribution in [2.75, 3.05) is 32.2 Å². The Morgan fingerprint density at radius 2 is 2.05 bits per heavy atom. The number of methoxy groups -OCH3 is 1. The quantitative estimate of drug-likeness (QED) is 0.559. The molecule has 1 rings (SSSR count). The Hall–Kier alpha value is -2.37. The number of anilines is 1. The van der Waals surface area contributed by atoms with E-state index in [2.05, 4.69) is 9.72 Å². The van der Waals surface area contributed by atoms with Crippen LogP contribution >= 0.6 is 0 Å². The van der Waals surface area contributed by atoms with Crippen LogP contribution < -0.4 is 4.90 Å². The monoisotopic (exact) mass is 264 g/mol. The van der Waals surface area contributed by atoms with Gasteiger partial charge in [0.15, 0.2) is 0 Å². The molecule has 0 atom stereocenters. The van der Waals surface area contributed by atoms with Gasteiger partial charge in [-0.15, -0.1) is 0 Å². The van der Waals surface area contributed by atoms with Crippen molar-refractivity contribution in [3.8, 4) is 0 Å². The highest BCUT2D eigenvalue weighted by atomic mass is 16.5. The molecule has 1 heterocycles. The molecule has 0 saturated heterocycles. The first-order valence-corrected chi connectivity index (χ1v) is 5.68. The van der Waals surface area contributed by atoms with Gasteiger partial charge in [-0.05, 0) is 12.1 Å². The summed E-state index contributed by atoms with van der Waals surface area (Å²) in [5, 5.41) is 0. The third kappa shape index (κ3) is 5.67. The van der Waals surface area contributed by atoms with Crippen molar-refractivity contribution < 1.29 is 19.1 Å². The van der Waals surface area contributed by atoms with Crippen molar-refractivity contribution in [1.29, 1.82) is 0 Å². The van der Waals surface area contributed by atoms with Crippen LogP contribution in [0.4, 0.5) is 5.82 Å². The predicted molar refractivity (Wildman–Crippen MR) is 69.6 cm³/mol. The molecule has 6 nitrogen and oxygen atoms in total. The van der Waals surface area contributed by atoms with Gasteiger partial charge in [0.25, 0.3) is 0 Å². The third-order valence-corrected chi connectivity index (χ3v) is 2.27. The van der Waals surface area contributed by atoms with Gasteiger partial charge in [0.1, 0.15) is 12.4 Å².